The Hall–Kier alpha value is -3.28. The van der Waals surface area contributed by atoms with Gasteiger partial charge in [-0.05, 0) is 11.6 Å². The maximum absolute atomic E-state index is 13.6. The molecule has 1 aromatic heterocycles. The average Bonchev–Trinajstić information content (AvgIpc) is 2.67. The molecule has 1 aliphatic rings. The molecular formula is C18H15F3N4O2. The van der Waals surface area contributed by atoms with Crippen molar-refractivity contribution in [2.45, 2.75) is 6.18 Å². The molecule has 1 amide bonds. The van der Waals surface area contributed by atoms with E-state index in [-0.39, 0.29) is 37.6 Å². The van der Waals surface area contributed by atoms with Crippen LogP contribution in [0.25, 0.3) is 11.1 Å². The first kappa shape index (κ1) is 18.5. The Kier molecular flexibility index (Phi) is 4.90. The fourth-order valence-corrected chi connectivity index (χ4v) is 3.03. The van der Waals surface area contributed by atoms with Crippen molar-refractivity contribution >= 4 is 11.9 Å². The van der Waals surface area contributed by atoms with E-state index in [2.05, 4.69) is 4.98 Å². The Morgan fingerprint density at radius 1 is 1.15 bits per heavy atom. The predicted octanol–water partition coefficient (Wildman–Crippen LogP) is 3.44. The Balaban J connectivity index is 2.08. The average molecular weight is 376 g/mol. The molecule has 0 radical (unpaired) electrons. The van der Waals surface area contributed by atoms with E-state index >= 15 is 0 Å². The first-order chi connectivity index (χ1) is 12.8. The molecule has 0 spiro atoms. The molecule has 0 unspecified atom stereocenters. The van der Waals surface area contributed by atoms with Gasteiger partial charge in [0.15, 0.2) is 5.69 Å². The number of alkyl halides is 3. The molecule has 0 aliphatic carbocycles. The molecule has 27 heavy (non-hydrogen) atoms. The van der Waals surface area contributed by atoms with Crippen LogP contribution < -0.4 is 4.90 Å². The van der Waals surface area contributed by atoms with Crippen molar-refractivity contribution < 1.29 is 23.1 Å². The number of hydrogen-bond acceptors (Lipinski definition) is 4. The molecule has 1 aliphatic heterocycles. The number of piperazine rings is 1. The van der Waals surface area contributed by atoms with Gasteiger partial charge in [0.2, 0.25) is 0 Å². The van der Waals surface area contributed by atoms with Gasteiger partial charge in [0.05, 0.1) is 5.56 Å². The fourth-order valence-electron chi connectivity index (χ4n) is 3.03. The number of carbonyl (C=O) groups is 1. The van der Waals surface area contributed by atoms with Crippen LogP contribution in [0, 0.1) is 11.3 Å². The Bertz CT molecular complexity index is 886. The molecule has 1 saturated heterocycles. The first-order valence-electron chi connectivity index (χ1n) is 8.12. The van der Waals surface area contributed by atoms with Crippen LogP contribution in [-0.2, 0) is 6.18 Å². The summed E-state index contributed by atoms with van der Waals surface area (Å²) in [7, 11) is 0. The maximum atomic E-state index is 13.6. The van der Waals surface area contributed by atoms with Crippen LogP contribution in [0.15, 0.2) is 36.4 Å². The summed E-state index contributed by atoms with van der Waals surface area (Å²) in [4.78, 5) is 17.8. The minimum atomic E-state index is -4.73. The van der Waals surface area contributed by atoms with Gasteiger partial charge in [-0.15, -0.1) is 0 Å². The molecule has 9 heteroatoms. The summed E-state index contributed by atoms with van der Waals surface area (Å²) >= 11 is 0. The van der Waals surface area contributed by atoms with Crippen molar-refractivity contribution in [1.29, 1.82) is 5.26 Å². The van der Waals surface area contributed by atoms with Crippen LogP contribution in [0.3, 0.4) is 0 Å². The number of anilines is 1. The van der Waals surface area contributed by atoms with Crippen molar-refractivity contribution in [2.75, 3.05) is 31.1 Å². The van der Waals surface area contributed by atoms with E-state index in [1.165, 1.54) is 23.1 Å². The van der Waals surface area contributed by atoms with Gasteiger partial charge in [-0.3, -0.25) is 0 Å². The molecule has 140 valence electrons. The number of halogens is 3. The SMILES string of the molecule is N#Cc1nc(N2CCN(C(=O)O)CC2)cc(-c2ccccc2)c1C(F)(F)F. The van der Waals surface area contributed by atoms with Gasteiger partial charge in [0.1, 0.15) is 11.9 Å². The third-order valence-electron chi connectivity index (χ3n) is 4.35. The summed E-state index contributed by atoms with van der Waals surface area (Å²) in [5.41, 5.74) is -1.55. The molecule has 0 bridgehead atoms. The number of rotatable bonds is 2. The number of amides is 1. The molecule has 0 atom stereocenters. The van der Waals surface area contributed by atoms with Gasteiger partial charge < -0.3 is 14.9 Å². The number of benzene rings is 1. The third-order valence-corrected chi connectivity index (χ3v) is 4.35. The van der Waals surface area contributed by atoms with E-state index in [0.29, 0.717) is 5.56 Å². The molecular weight excluding hydrogens is 361 g/mol. The second-order valence-corrected chi connectivity index (χ2v) is 5.98. The fraction of sp³-hybridized carbons (Fsp3) is 0.278. The summed E-state index contributed by atoms with van der Waals surface area (Å²) in [5.74, 6) is 0.225. The van der Waals surface area contributed by atoms with Crippen LogP contribution in [0.5, 0.6) is 0 Å². The zero-order valence-electron chi connectivity index (χ0n) is 14.1. The van der Waals surface area contributed by atoms with E-state index in [1.54, 1.807) is 29.2 Å². The molecule has 6 nitrogen and oxygen atoms in total. The summed E-state index contributed by atoms with van der Waals surface area (Å²) in [6.07, 6.45) is -5.78. The van der Waals surface area contributed by atoms with Crippen molar-refractivity contribution in [3.8, 4) is 17.2 Å². The smallest absolute Gasteiger partial charge is 0.419 e. The highest BCUT2D eigenvalue weighted by Gasteiger charge is 2.38. The summed E-state index contributed by atoms with van der Waals surface area (Å²) in [6.45, 7) is 0.981. The summed E-state index contributed by atoms with van der Waals surface area (Å²) in [6, 6.07) is 10.9. The highest BCUT2D eigenvalue weighted by atomic mass is 19.4. The lowest BCUT2D eigenvalue weighted by molar-refractivity contribution is -0.137. The van der Waals surface area contributed by atoms with Crippen molar-refractivity contribution in [3.63, 3.8) is 0 Å². The Labute approximate surface area is 153 Å². The van der Waals surface area contributed by atoms with Crippen LogP contribution in [0.2, 0.25) is 0 Å². The van der Waals surface area contributed by atoms with Gasteiger partial charge in [-0.25, -0.2) is 9.78 Å². The number of hydrogen-bond donors (Lipinski definition) is 1. The highest BCUT2D eigenvalue weighted by Crippen LogP contribution is 2.40. The third kappa shape index (κ3) is 3.79. The van der Waals surface area contributed by atoms with Crippen LogP contribution in [-0.4, -0.2) is 47.3 Å². The Morgan fingerprint density at radius 2 is 1.78 bits per heavy atom. The largest absolute Gasteiger partial charge is 0.465 e. The van der Waals surface area contributed by atoms with Crippen molar-refractivity contribution in [1.82, 2.24) is 9.88 Å². The predicted molar refractivity (Wildman–Crippen MR) is 91.2 cm³/mol. The lowest BCUT2D eigenvalue weighted by Crippen LogP contribution is -2.48. The van der Waals surface area contributed by atoms with Crippen LogP contribution in [0.4, 0.5) is 23.8 Å². The second kappa shape index (κ2) is 7.15. The standard InChI is InChI=1S/C18H15F3N4O2/c19-18(20,21)16-13(12-4-2-1-3-5-12)10-15(23-14(16)11-22)24-6-8-25(9-7-24)17(26)27/h1-5,10H,6-9H2,(H,26,27). The van der Waals surface area contributed by atoms with Gasteiger partial charge >= 0.3 is 12.3 Å². The maximum Gasteiger partial charge on any atom is 0.419 e. The lowest BCUT2D eigenvalue weighted by atomic mass is 9.98. The van der Waals surface area contributed by atoms with Crippen LogP contribution >= 0.6 is 0 Å². The molecule has 0 saturated carbocycles. The molecule has 2 aromatic rings. The molecule has 1 fully saturated rings. The number of nitrogens with zero attached hydrogens (tertiary/aromatic N) is 4. The van der Waals surface area contributed by atoms with Gasteiger partial charge in [-0.1, -0.05) is 30.3 Å². The molecule has 1 N–H and O–H groups in total. The zero-order valence-corrected chi connectivity index (χ0v) is 14.1. The molecule has 1 aromatic carbocycles. The topological polar surface area (TPSA) is 80.5 Å². The minimum absolute atomic E-state index is 0.120. The lowest BCUT2D eigenvalue weighted by Gasteiger charge is -2.34. The van der Waals surface area contributed by atoms with E-state index < -0.39 is 23.5 Å². The molecule has 2 heterocycles. The van der Waals surface area contributed by atoms with E-state index in [0.717, 1.165) is 0 Å². The van der Waals surface area contributed by atoms with Gasteiger partial charge in [0.25, 0.3) is 0 Å². The number of aromatic nitrogens is 1. The van der Waals surface area contributed by atoms with Gasteiger partial charge in [-0.2, -0.15) is 18.4 Å². The van der Waals surface area contributed by atoms with Crippen molar-refractivity contribution in [2.24, 2.45) is 0 Å². The first-order valence-corrected chi connectivity index (χ1v) is 8.12. The van der Waals surface area contributed by atoms with Crippen molar-refractivity contribution in [3.05, 3.63) is 47.7 Å². The summed E-state index contributed by atoms with van der Waals surface area (Å²) in [5, 5.41) is 18.3. The Morgan fingerprint density at radius 3 is 2.30 bits per heavy atom. The zero-order chi connectivity index (χ0) is 19.6. The quantitative estimate of drug-likeness (QED) is 0.869. The van der Waals surface area contributed by atoms with E-state index in [9.17, 15) is 23.2 Å². The number of nitriles is 1. The molecule has 3 rings (SSSR count). The summed E-state index contributed by atoms with van der Waals surface area (Å²) < 4.78 is 40.9. The minimum Gasteiger partial charge on any atom is -0.465 e. The number of carboxylic acid groups (broad SMARTS) is 1. The van der Waals surface area contributed by atoms with Gasteiger partial charge in [0, 0.05) is 31.7 Å². The normalized spacial score (nSPS) is 14.7. The second-order valence-electron chi connectivity index (χ2n) is 5.98. The van der Waals surface area contributed by atoms with Crippen LogP contribution in [0.1, 0.15) is 11.3 Å². The monoisotopic (exact) mass is 376 g/mol. The van der Waals surface area contributed by atoms with E-state index in [4.69, 9.17) is 5.11 Å². The van der Waals surface area contributed by atoms with E-state index in [1.807, 2.05) is 0 Å². The number of pyridine rings is 1. The highest BCUT2D eigenvalue weighted by molar-refractivity contribution is 5.73.